The summed E-state index contributed by atoms with van der Waals surface area (Å²) in [5.74, 6) is -0.120. The van der Waals surface area contributed by atoms with Crippen molar-refractivity contribution in [2.75, 3.05) is 0 Å². The summed E-state index contributed by atoms with van der Waals surface area (Å²) in [6.45, 7) is 3.79. The van der Waals surface area contributed by atoms with Crippen molar-refractivity contribution in [1.29, 1.82) is 0 Å². The number of Topliss-reactive ketones (excluding diaryl/α,β-unsaturated/α-hetero) is 1. The average molecular weight is 360 g/mol. The molecule has 0 aliphatic rings. The molecule has 0 N–H and O–H groups in total. The fourth-order valence-corrected chi connectivity index (χ4v) is 3.35. The van der Waals surface area contributed by atoms with Crippen molar-refractivity contribution < 1.29 is 4.79 Å². The first-order valence-corrected chi connectivity index (χ1v) is 8.41. The molecule has 3 aromatic rings. The molecule has 0 saturated heterocycles. The van der Waals surface area contributed by atoms with Crippen molar-refractivity contribution in [1.82, 2.24) is 24.7 Å². The Morgan fingerprint density at radius 1 is 1.17 bits per heavy atom. The minimum absolute atomic E-state index is 0.120. The number of nitrogens with zero attached hydrogens (tertiary/aromatic N) is 5. The van der Waals surface area contributed by atoms with Crippen LogP contribution in [0.15, 0.2) is 48.1 Å². The van der Waals surface area contributed by atoms with Gasteiger partial charge in [-0.15, -0.1) is 0 Å². The summed E-state index contributed by atoms with van der Waals surface area (Å²) >= 11 is 7.13. The molecule has 24 heavy (non-hydrogen) atoms. The van der Waals surface area contributed by atoms with Gasteiger partial charge in [0.05, 0.1) is 0 Å². The van der Waals surface area contributed by atoms with E-state index in [2.05, 4.69) is 20.1 Å². The molecule has 2 aromatic heterocycles. The van der Waals surface area contributed by atoms with Gasteiger partial charge in [-0.1, -0.05) is 23.4 Å². The summed E-state index contributed by atoms with van der Waals surface area (Å²) in [5, 5.41) is 4.56. The van der Waals surface area contributed by atoms with Gasteiger partial charge in [0.1, 0.15) is 12.7 Å². The number of carbonyl (C=O) groups excluding carboxylic acids is 1. The molecule has 0 amide bonds. The van der Waals surface area contributed by atoms with Gasteiger partial charge in [0.2, 0.25) is 0 Å². The molecule has 0 bridgehead atoms. The Labute approximate surface area is 148 Å². The first-order chi connectivity index (χ1) is 11.5. The summed E-state index contributed by atoms with van der Waals surface area (Å²) in [7, 11) is 0. The van der Waals surface area contributed by atoms with Crippen LogP contribution in [0.2, 0.25) is 5.02 Å². The van der Waals surface area contributed by atoms with E-state index < -0.39 is 5.37 Å². The Bertz CT molecular complexity index is 831. The van der Waals surface area contributed by atoms with Crippen LogP contribution in [0, 0.1) is 13.8 Å². The first kappa shape index (κ1) is 16.6. The van der Waals surface area contributed by atoms with E-state index in [0.717, 1.165) is 11.4 Å². The van der Waals surface area contributed by atoms with Gasteiger partial charge in [-0.3, -0.25) is 4.79 Å². The van der Waals surface area contributed by atoms with Crippen LogP contribution < -0.4 is 0 Å². The number of halogens is 1. The maximum Gasteiger partial charge on any atom is 0.198 e. The Hall–Kier alpha value is -2.25. The second-order valence-electron chi connectivity index (χ2n) is 5.15. The van der Waals surface area contributed by atoms with E-state index in [-0.39, 0.29) is 5.78 Å². The van der Waals surface area contributed by atoms with Crippen LogP contribution >= 0.6 is 23.4 Å². The number of aryl methyl sites for hydroxylation is 2. The zero-order valence-corrected chi connectivity index (χ0v) is 14.6. The van der Waals surface area contributed by atoms with E-state index in [1.165, 1.54) is 29.1 Å². The lowest BCUT2D eigenvalue weighted by atomic mass is 10.1. The number of benzene rings is 1. The molecule has 8 heteroatoms. The van der Waals surface area contributed by atoms with E-state index in [9.17, 15) is 4.79 Å². The number of hydrogen-bond acceptors (Lipinski definition) is 6. The molecule has 1 unspecified atom stereocenters. The third-order valence-corrected chi connectivity index (χ3v) is 4.51. The molecule has 122 valence electrons. The van der Waals surface area contributed by atoms with Crippen LogP contribution in [0.5, 0.6) is 0 Å². The predicted molar refractivity (Wildman–Crippen MR) is 92.2 cm³/mol. The third kappa shape index (κ3) is 3.80. The highest BCUT2D eigenvalue weighted by molar-refractivity contribution is 7.99. The van der Waals surface area contributed by atoms with Crippen molar-refractivity contribution in [2.45, 2.75) is 24.4 Å². The van der Waals surface area contributed by atoms with Crippen molar-refractivity contribution in [3.63, 3.8) is 0 Å². The van der Waals surface area contributed by atoms with Gasteiger partial charge in [0.25, 0.3) is 0 Å². The third-order valence-electron chi connectivity index (χ3n) is 3.21. The zero-order valence-electron chi connectivity index (χ0n) is 13.0. The van der Waals surface area contributed by atoms with Gasteiger partial charge in [-0.2, -0.15) is 5.10 Å². The highest BCUT2D eigenvalue weighted by Crippen LogP contribution is 2.31. The molecular formula is C16H14ClN5OS. The summed E-state index contributed by atoms with van der Waals surface area (Å²) in [6, 6.07) is 8.64. The van der Waals surface area contributed by atoms with Gasteiger partial charge in [0.15, 0.2) is 16.3 Å². The molecule has 0 saturated carbocycles. The molecule has 3 rings (SSSR count). The fraction of sp³-hybridized carbons (Fsp3) is 0.188. The molecule has 0 aliphatic carbocycles. The van der Waals surface area contributed by atoms with Crippen LogP contribution in [0.1, 0.15) is 27.1 Å². The van der Waals surface area contributed by atoms with Crippen LogP contribution in [0.4, 0.5) is 0 Å². The van der Waals surface area contributed by atoms with Gasteiger partial charge in [-0.05, 0) is 44.2 Å². The van der Waals surface area contributed by atoms with Crippen molar-refractivity contribution >= 4 is 29.1 Å². The van der Waals surface area contributed by atoms with Crippen LogP contribution in [0.3, 0.4) is 0 Å². The Morgan fingerprint density at radius 2 is 1.83 bits per heavy atom. The number of carbonyl (C=O) groups is 1. The van der Waals surface area contributed by atoms with Gasteiger partial charge in [-0.25, -0.2) is 19.6 Å². The van der Waals surface area contributed by atoms with Gasteiger partial charge < -0.3 is 0 Å². The molecule has 6 nitrogen and oxygen atoms in total. The molecule has 2 heterocycles. The van der Waals surface area contributed by atoms with Crippen LogP contribution in [0.25, 0.3) is 0 Å². The van der Waals surface area contributed by atoms with Crippen LogP contribution in [-0.4, -0.2) is 30.5 Å². The number of aromatic nitrogens is 5. The Balaban J connectivity index is 1.95. The quantitative estimate of drug-likeness (QED) is 0.394. The maximum atomic E-state index is 12.9. The summed E-state index contributed by atoms with van der Waals surface area (Å²) in [4.78, 5) is 25.6. The topological polar surface area (TPSA) is 73.6 Å². The first-order valence-electron chi connectivity index (χ1n) is 7.16. The number of rotatable bonds is 5. The lowest BCUT2D eigenvalue weighted by Crippen LogP contribution is -2.18. The van der Waals surface area contributed by atoms with Crippen molar-refractivity contribution in [2.24, 2.45) is 0 Å². The highest BCUT2D eigenvalue weighted by Gasteiger charge is 2.25. The standard InChI is InChI=1S/C16H14ClN5OS/c1-10-7-11(2)21-16(20-10)24-15(22-9-18-8-19-22)14(23)12-3-5-13(17)6-4-12/h3-9,15H,1-2H3. The molecular weight excluding hydrogens is 346 g/mol. The predicted octanol–water partition coefficient (Wildman–Crippen LogP) is 3.51. The van der Waals surface area contributed by atoms with Crippen molar-refractivity contribution in [3.05, 3.63) is 65.0 Å². The van der Waals surface area contributed by atoms with E-state index in [0.29, 0.717) is 15.7 Å². The summed E-state index contributed by atoms with van der Waals surface area (Å²) < 4.78 is 1.50. The fourth-order valence-electron chi connectivity index (χ4n) is 2.17. The summed E-state index contributed by atoms with van der Waals surface area (Å²) in [6.07, 6.45) is 2.90. The Kier molecular flexibility index (Phi) is 4.92. The minimum atomic E-state index is -0.644. The summed E-state index contributed by atoms with van der Waals surface area (Å²) in [5.41, 5.74) is 2.24. The zero-order chi connectivity index (χ0) is 17.1. The maximum absolute atomic E-state index is 12.9. The van der Waals surface area contributed by atoms with E-state index in [1.807, 2.05) is 19.9 Å². The molecule has 0 spiro atoms. The lowest BCUT2D eigenvalue weighted by Gasteiger charge is -2.15. The van der Waals surface area contributed by atoms with Gasteiger partial charge in [0, 0.05) is 22.0 Å². The van der Waals surface area contributed by atoms with E-state index in [1.54, 1.807) is 24.3 Å². The number of thioether (sulfide) groups is 1. The molecule has 1 atom stereocenters. The van der Waals surface area contributed by atoms with Crippen molar-refractivity contribution in [3.8, 4) is 0 Å². The average Bonchev–Trinajstić information content (AvgIpc) is 3.06. The molecule has 0 aliphatic heterocycles. The largest absolute Gasteiger partial charge is 0.291 e. The Morgan fingerprint density at radius 3 is 2.42 bits per heavy atom. The SMILES string of the molecule is Cc1cc(C)nc(SC(C(=O)c2ccc(Cl)cc2)n2cncn2)n1. The lowest BCUT2D eigenvalue weighted by molar-refractivity contribution is 0.0962. The van der Waals surface area contributed by atoms with E-state index in [4.69, 9.17) is 11.6 Å². The van der Waals surface area contributed by atoms with Crippen LogP contribution in [-0.2, 0) is 0 Å². The molecule has 0 radical (unpaired) electrons. The molecule has 0 fully saturated rings. The minimum Gasteiger partial charge on any atom is -0.291 e. The number of ketones is 1. The molecule has 1 aromatic carbocycles. The van der Waals surface area contributed by atoms with Gasteiger partial charge >= 0.3 is 0 Å². The second-order valence-corrected chi connectivity index (χ2v) is 6.63. The normalized spacial score (nSPS) is 12.1. The smallest absolute Gasteiger partial charge is 0.198 e. The monoisotopic (exact) mass is 359 g/mol. The highest BCUT2D eigenvalue weighted by atomic mass is 35.5. The number of hydrogen-bond donors (Lipinski definition) is 0. The second kappa shape index (κ2) is 7.11. The van der Waals surface area contributed by atoms with E-state index >= 15 is 0 Å².